The van der Waals surface area contributed by atoms with Gasteiger partial charge in [0.2, 0.25) is 0 Å². The maximum absolute atomic E-state index is 14.4. The van der Waals surface area contributed by atoms with Gasteiger partial charge in [0.1, 0.15) is 11.6 Å². The molecule has 0 fully saturated rings. The molecule has 0 radical (unpaired) electrons. The molecule has 0 bridgehead atoms. The van der Waals surface area contributed by atoms with Crippen LogP contribution in [0.3, 0.4) is 0 Å². The Kier molecular flexibility index (Phi) is 4.09. The lowest BCUT2D eigenvalue weighted by Crippen LogP contribution is -2.23. The van der Waals surface area contributed by atoms with E-state index in [-0.39, 0.29) is 5.56 Å². The van der Waals surface area contributed by atoms with Gasteiger partial charge in [0.15, 0.2) is 0 Å². The smallest absolute Gasteiger partial charge is 0.134 e. The van der Waals surface area contributed by atoms with Crippen molar-refractivity contribution in [3.8, 4) is 0 Å². The lowest BCUT2D eigenvalue weighted by Gasteiger charge is -2.19. The van der Waals surface area contributed by atoms with Crippen LogP contribution in [0.25, 0.3) is 0 Å². The largest absolute Gasteiger partial charge is 0.306 e. The molecule has 0 amide bonds. The van der Waals surface area contributed by atoms with E-state index in [1.54, 1.807) is 18.3 Å². The van der Waals surface area contributed by atoms with Crippen LogP contribution in [0.15, 0.2) is 18.2 Å². The fourth-order valence-electron chi connectivity index (χ4n) is 2.99. The van der Waals surface area contributed by atoms with Crippen molar-refractivity contribution < 1.29 is 8.78 Å². The first-order valence-electron chi connectivity index (χ1n) is 7.41. The van der Waals surface area contributed by atoms with Crippen LogP contribution in [0.5, 0.6) is 0 Å². The van der Waals surface area contributed by atoms with Crippen LogP contribution in [0.1, 0.15) is 45.8 Å². The van der Waals surface area contributed by atoms with Crippen molar-refractivity contribution >= 4 is 11.3 Å². The Balaban J connectivity index is 2.07. The molecule has 0 spiro atoms. The Bertz CT molecular complexity index is 642. The van der Waals surface area contributed by atoms with E-state index in [9.17, 15) is 8.78 Å². The molecule has 1 heterocycles. The van der Waals surface area contributed by atoms with E-state index in [1.807, 2.05) is 6.92 Å². The van der Waals surface area contributed by atoms with Gasteiger partial charge in [0.25, 0.3) is 0 Å². The van der Waals surface area contributed by atoms with Crippen molar-refractivity contribution in [3.63, 3.8) is 0 Å². The maximum Gasteiger partial charge on any atom is 0.134 e. The molecule has 0 saturated carbocycles. The van der Waals surface area contributed by atoms with Crippen molar-refractivity contribution in [2.75, 3.05) is 6.54 Å². The van der Waals surface area contributed by atoms with E-state index >= 15 is 0 Å². The Morgan fingerprint density at radius 2 is 2.10 bits per heavy atom. The Morgan fingerprint density at radius 3 is 2.81 bits per heavy atom. The van der Waals surface area contributed by atoms with Gasteiger partial charge in [-0.3, -0.25) is 0 Å². The molecule has 1 nitrogen and oxygen atoms in total. The molecule has 2 aromatic rings. The monoisotopic (exact) mass is 307 g/mol. The minimum absolute atomic E-state index is 0.150. The van der Waals surface area contributed by atoms with Gasteiger partial charge in [-0.15, -0.1) is 11.3 Å². The normalized spacial score (nSPS) is 15.2. The van der Waals surface area contributed by atoms with Crippen molar-refractivity contribution in [2.24, 2.45) is 0 Å². The second kappa shape index (κ2) is 5.85. The second-order valence-corrected chi connectivity index (χ2v) is 6.70. The van der Waals surface area contributed by atoms with E-state index in [1.165, 1.54) is 29.0 Å². The van der Waals surface area contributed by atoms with Crippen LogP contribution in [0.4, 0.5) is 8.78 Å². The summed E-state index contributed by atoms with van der Waals surface area (Å²) in [4.78, 5) is 2.39. The summed E-state index contributed by atoms with van der Waals surface area (Å²) in [6.07, 6.45) is 3.38. The van der Waals surface area contributed by atoms with E-state index in [4.69, 9.17) is 0 Å². The van der Waals surface area contributed by atoms with E-state index < -0.39 is 17.7 Å². The van der Waals surface area contributed by atoms with Gasteiger partial charge in [0, 0.05) is 15.3 Å². The average molecular weight is 307 g/mol. The summed E-state index contributed by atoms with van der Waals surface area (Å²) in [7, 11) is 0. The van der Waals surface area contributed by atoms with Crippen LogP contribution in [-0.2, 0) is 12.8 Å². The molecule has 112 valence electrons. The highest BCUT2D eigenvalue weighted by atomic mass is 32.1. The van der Waals surface area contributed by atoms with Crippen molar-refractivity contribution in [1.29, 1.82) is 0 Å². The summed E-state index contributed by atoms with van der Waals surface area (Å²) < 4.78 is 28.7. The van der Waals surface area contributed by atoms with Gasteiger partial charge in [-0.1, -0.05) is 13.0 Å². The standard InChI is InChI=1S/C17H19F2NS/c1-3-20-17(14-9-11-5-4-6-13(11)21-14)15-12(18)8-7-10(2)16(15)19/h7-9,17,20H,3-6H2,1-2H3. The van der Waals surface area contributed by atoms with Crippen LogP contribution in [0.2, 0.25) is 0 Å². The molecule has 1 N–H and O–H groups in total. The van der Waals surface area contributed by atoms with Crippen LogP contribution in [0, 0.1) is 18.6 Å². The minimum atomic E-state index is -0.474. The molecule has 3 rings (SSSR count). The zero-order chi connectivity index (χ0) is 15.0. The third-order valence-corrected chi connectivity index (χ3v) is 5.37. The van der Waals surface area contributed by atoms with Gasteiger partial charge in [-0.05, 0) is 56.0 Å². The third kappa shape index (κ3) is 2.62. The zero-order valence-corrected chi connectivity index (χ0v) is 13.1. The third-order valence-electron chi connectivity index (χ3n) is 4.07. The molecule has 0 saturated heterocycles. The van der Waals surface area contributed by atoms with Crippen molar-refractivity contribution in [2.45, 2.75) is 39.2 Å². The quantitative estimate of drug-likeness (QED) is 0.875. The number of benzene rings is 1. The number of rotatable bonds is 4. The highest BCUT2D eigenvalue weighted by Gasteiger charge is 2.26. The average Bonchev–Trinajstić information content (AvgIpc) is 3.03. The molecule has 1 aromatic carbocycles. The van der Waals surface area contributed by atoms with Crippen LogP contribution >= 0.6 is 11.3 Å². The molecule has 0 aliphatic heterocycles. The number of thiophene rings is 1. The second-order valence-electron chi connectivity index (χ2n) is 5.53. The predicted molar refractivity (Wildman–Crippen MR) is 83.0 cm³/mol. The summed E-state index contributed by atoms with van der Waals surface area (Å²) >= 11 is 1.69. The van der Waals surface area contributed by atoms with Crippen LogP contribution < -0.4 is 5.32 Å². The molecule has 1 atom stereocenters. The van der Waals surface area contributed by atoms with Crippen LogP contribution in [-0.4, -0.2) is 6.54 Å². The number of hydrogen-bond donors (Lipinski definition) is 1. The SMILES string of the molecule is CCNC(c1cc2c(s1)CCC2)c1c(F)ccc(C)c1F. The molecule has 21 heavy (non-hydrogen) atoms. The van der Waals surface area contributed by atoms with Gasteiger partial charge >= 0.3 is 0 Å². The van der Waals surface area contributed by atoms with Gasteiger partial charge in [0.05, 0.1) is 6.04 Å². The number of nitrogens with one attached hydrogen (secondary N) is 1. The summed E-state index contributed by atoms with van der Waals surface area (Å²) in [6.45, 7) is 4.30. The summed E-state index contributed by atoms with van der Waals surface area (Å²) in [5.74, 6) is -0.910. The van der Waals surface area contributed by atoms with Crippen molar-refractivity contribution in [3.05, 3.63) is 56.3 Å². The highest BCUT2D eigenvalue weighted by Crippen LogP contribution is 2.37. The molecule has 1 aliphatic rings. The molecule has 1 aliphatic carbocycles. The minimum Gasteiger partial charge on any atom is -0.306 e. The molecular formula is C17H19F2NS. The Labute approximate surface area is 128 Å². The molecule has 1 aromatic heterocycles. The molecule has 4 heteroatoms. The van der Waals surface area contributed by atoms with E-state index in [0.717, 1.165) is 17.7 Å². The van der Waals surface area contributed by atoms with E-state index in [2.05, 4.69) is 11.4 Å². The van der Waals surface area contributed by atoms with Gasteiger partial charge in [-0.2, -0.15) is 0 Å². The summed E-state index contributed by atoms with van der Waals surface area (Å²) in [5.41, 5.74) is 1.99. The first-order valence-corrected chi connectivity index (χ1v) is 8.22. The number of aryl methyl sites for hydroxylation is 3. The fraction of sp³-hybridized carbons (Fsp3) is 0.412. The molecule has 1 unspecified atom stereocenters. The number of fused-ring (bicyclic) bond motifs is 1. The van der Waals surface area contributed by atoms with Crippen molar-refractivity contribution in [1.82, 2.24) is 5.32 Å². The number of halogens is 2. The van der Waals surface area contributed by atoms with Gasteiger partial charge < -0.3 is 5.32 Å². The molecular weight excluding hydrogens is 288 g/mol. The van der Waals surface area contributed by atoms with E-state index in [0.29, 0.717) is 12.1 Å². The first-order chi connectivity index (χ1) is 10.1. The lowest BCUT2D eigenvalue weighted by molar-refractivity contribution is 0.509. The lowest BCUT2D eigenvalue weighted by atomic mass is 10.0. The first kappa shape index (κ1) is 14.7. The fourth-order valence-corrected chi connectivity index (χ4v) is 4.33. The Morgan fingerprint density at radius 1 is 1.29 bits per heavy atom. The highest BCUT2D eigenvalue weighted by molar-refractivity contribution is 7.12. The van der Waals surface area contributed by atoms with Gasteiger partial charge in [-0.25, -0.2) is 8.78 Å². The summed E-state index contributed by atoms with van der Waals surface area (Å²) in [6, 6.07) is 4.58. The topological polar surface area (TPSA) is 12.0 Å². The zero-order valence-electron chi connectivity index (χ0n) is 12.3. The predicted octanol–water partition coefficient (Wildman–Crippen LogP) is 4.52. The summed E-state index contributed by atoms with van der Waals surface area (Å²) in [5, 5.41) is 3.24. The number of hydrogen-bond acceptors (Lipinski definition) is 2. The maximum atomic E-state index is 14.4. The Hall–Kier alpha value is -1.26.